The molecule has 17 heavy (non-hydrogen) atoms. The lowest BCUT2D eigenvalue weighted by atomic mass is 10.4. The Balaban J connectivity index is 2.42. The third-order valence-electron chi connectivity index (χ3n) is 1.61. The molecule has 88 valence electrons. The van der Waals surface area contributed by atoms with Gasteiger partial charge in [0, 0.05) is 6.20 Å². The summed E-state index contributed by atoms with van der Waals surface area (Å²) in [5.74, 6) is -1.49. The highest BCUT2D eigenvalue weighted by Gasteiger charge is 2.04. The number of carboxylic acids is 1. The molecule has 1 amide bonds. The van der Waals surface area contributed by atoms with E-state index in [4.69, 9.17) is 10.4 Å². The van der Waals surface area contributed by atoms with Gasteiger partial charge >= 0.3 is 5.97 Å². The van der Waals surface area contributed by atoms with Crippen molar-refractivity contribution in [2.45, 2.75) is 0 Å². The van der Waals surface area contributed by atoms with Crippen molar-refractivity contribution < 1.29 is 14.7 Å². The highest BCUT2D eigenvalue weighted by molar-refractivity contribution is 5.83. The van der Waals surface area contributed by atoms with Gasteiger partial charge in [-0.3, -0.25) is 9.59 Å². The Hall–Kier alpha value is -2.69. The van der Waals surface area contributed by atoms with Crippen LogP contribution in [-0.2, 0) is 9.59 Å². The van der Waals surface area contributed by atoms with Gasteiger partial charge in [-0.2, -0.15) is 5.26 Å². The van der Waals surface area contributed by atoms with Gasteiger partial charge in [0.15, 0.2) is 0 Å². The molecule has 8 nitrogen and oxygen atoms in total. The molecule has 0 bridgehead atoms. The number of rotatable bonds is 5. The smallest absolute Gasteiger partial charge is 0.322 e. The number of hydrogen-bond donors (Lipinski definition) is 3. The lowest BCUT2D eigenvalue weighted by Crippen LogP contribution is -2.34. The maximum atomic E-state index is 11.1. The minimum atomic E-state index is -1.12. The summed E-state index contributed by atoms with van der Waals surface area (Å²) in [7, 11) is 0. The van der Waals surface area contributed by atoms with E-state index in [0.29, 0.717) is 0 Å². The van der Waals surface area contributed by atoms with Gasteiger partial charge in [-0.15, -0.1) is 0 Å². The van der Waals surface area contributed by atoms with Gasteiger partial charge in [-0.05, 0) is 6.07 Å². The first-order chi connectivity index (χ1) is 8.11. The molecule has 0 aliphatic heterocycles. The summed E-state index contributed by atoms with van der Waals surface area (Å²) in [6.45, 7) is -0.609. The summed E-state index contributed by atoms with van der Waals surface area (Å²) in [6, 6.07) is 3.25. The van der Waals surface area contributed by atoms with E-state index in [-0.39, 0.29) is 18.2 Å². The normalized spacial score (nSPS) is 9.12. The topological polar surface area (TPSA) is 128 Å². The standard InChI is InChI=1S/C9H9N5O3/c10-3-6-1-2-11-9(14-6)13-4-7(15)12-5-8(16)17/h1-2H,4-5H2,(H,12,15)(H,16,17)(H,11,13,14). The highest BCUT2D eigenvalue weighted by atomic mass is 16.4. The molecule has 0 spiro atoms. The number of nitrogens with zero attached hydrogens (tertiary/aromatic N) is 3. The number of aliphatic carboxylic acids is 1. The van der Waals surface area contributed by atoms with Crippen molar-refractivity contribution in [3.05, 3.63) is 18.0 Å². The average molecular weight is 235 g/mol. The first-order valence-electron chi connectivity index (χ1n) is 4.57. The predicted octanol–water partition coefficient (Wildman–Crippen LogP) is -1.04. The van der Waals surface area contributed by atoms with Crippen LogP contribution in [0.3, 0.4) is 0 Å². The highest BCUT2D eigenvalue weighted by Crippen LogP contribution is 1.97. The van der Waals surface area contributed by atoms with Gasteiger partial charge in [-0.1, -0.05) is 0 Å². The van der Waals surface area contributed by atoms with Crippen LogP contribution in [0.2, 0.25) is 0 Å². The minimum Gasteiger partial charge on any atom is -0.480 e. The van der Waals surface area contributed by atoms with E-state index in [1.165, 1.54) is 12.3 Å². The average Bonchev–Trinajstić information content (AvgIpc) is 2.34. The van der Waals surface area contributed by atoms with Crippen LogP contribution >= 0.6 is 0 Å². The van der Waals surface area contributed by atoms with E-state index in [2.05, 4.69) is 20.6 Å². The Morgan fingerprint density at radius 3 is 2.88 bits per heavy atom. The number of hydrogen-bond acceptors (Lipinski definition) is 6. The maximum absolute atomic E-state index is 11.1. The minimum absolute atomic E-state index is 0.134. The van der Waals surface area contributed by atoms with Gasteiger partial charge in [0.25, 0.3) is 0 Å². The van der Waals surface area contributed by atoms with Crippen molar-refractivity contribution >= 4 is 17.8 Å². The van der Waals surface area contributed by atoms with Gasteiger partial charge in [0.1, 0.15) is 18.3 Å². The summed E-state index contributed by atoms with van der Waals surface area (Å²) in [5.41, 5.74) is 0.174. The third-order valence-corrected chi connectivity index (χ3v) is 1.61. The fourth-order valence-electron chi connectivity index (χ4n) is 0.902. The molecule has 1 rings (SSSR count). The molecule has 0 unspecified atom stereocenters. The lowest BCUT2D eigenvalue weighted by Gasteiger charge is -2.04. The van der Waals surface area contributed by atoms with Crippen molar-refractivity contribution in [2.24, 2.45) is 0 Å². The Morgan fingerprint density at radius 2 is 2.24 bits per heavy atom. The molecule has 0 aliphatic rings. The molecule has 1 heterocycles. The van der Waals surface area contributed by atoms with Gasteiger partial charge in [0.05, 0.1) is 6.54 Å². The first-order valence-corrected chi connectivity index (χ1v) is 4.57. The second kappa shape index (κ2) is 6.02. The van der Waals surface area contributed by atoms with Gasteiger partial charge in [-0.25, -0.2) is 9.97 Å². The SMILES string of the molecule is N#Cc1ccnc(NCC(=O)NCC(=O)O)n1. The summed E-state index contributed by atoms with van der Waals surface area (Å²) in [5, 5.41) is 21.6. The first kappa shape index (κ1) is 12.4. The molecule has 1 aromatic heterocycles. The van der Waals surface area contributed by atoms with E-state index in [9.17, 15) is 9.59 Å². The molecule has 3 N–H and O–H groups in total. The number of amides is 1. The molecular weight excluding hydrogens is 226 g/mol. The van der Waals surface area contributed by atoms with Crippen LogP contribution < -0.4 is 10.6 Å². The molecule has 0 fully saturated rings. The molecule has 0 saturated carbocycles. The zero-order valence-corrected chi connectivity index (χ0v) is 8.67. The van der Waals surface area contributed by atoms with Crippen LogP contribution in [-0.4, -0.2) is 40.0 Å². The maximum Gasteiger partial charge on any atom is 0.322 e. The second-order valence-corrected chi connectivity index (χ2v) is 2.90. The van der Waals surface area contributed by atoms with E-state index < -0.39 is 18.4 Å². The molecule has 0 radical (unpaired) electrons. The zero-order valence-electron chi connectivity index (χ0n) is 8.67. The van der Waals surface area contributed by atoms with E-state index in [1.54, 1.807) is 0 Å². The van der Waals surface area contributed by atoms with Crippen LogP contribution in [0.15, 0.2) is 12.3 Å². The van der Waals surface area contributed by atoms with Gasteiger partial charge < -0.3 is 15.7 Å². The number of anilines is 1. The van der Waals surface area contributed by atoms with Gasteiger partial charge in [0.2, 0.25) is 11.9 Å². The van der Waals surface area contributed by atoms with E-state index in [0.717, 1.165) is 0 Å². The Labute approximate surface area is 96.3 Å². The van der Waals surface area contributed by atoms with Crippen LogP contribution in [0.25, 0.3) is 0 Å². The number of nitriles is 1. The van der Waals surface area contributed by atoms with Crippen molar-refractivity contribution in [1.29, 1.82) is 5.26 Å². The Kier molecular flexibility index (Phi) is 4.38. The number of nitrogens with one attached hydrogen (secondary N) is 2. The number of carboxylic acid groups (broad SMARTS) is 1. The van der Waals surface area contributed by atoms with E-state index >= 15 is 0 Å². The Bertz CT molecular complexity index is 468. The van der Waals surface area contributed by atoms with Crippen LogP contribution in [0.5, 0.6) is 0 Å². The number of carbonyl (C=O) groups is 2. The van der Waals surface area contributed by atoms with Crippen molar-refractivity contribution in [3.8, 4) is 6.07 Å². The largest absolute Gasteiger partial charge is 0.480 e. The van der Waals surface area contributed by atoms with E-state index in [1.807, 2.05) is 6.07 Å². The third kappa shape index (κ3) is 4.57. The molecular formula is C9H9N5O3. The van der Waals surface area contributed by atoms with Crippen LogP contribution in [0.4, 0.5) is 5.95 Å². The molecule has 8 heteroatoms. The Morgan fingerprint density at radius 1 is 1.47 bits per heavy atom. The summed E-state index contributed by atoms with van der Waals surface area (Å²) in [6.07, 6.45) is 1.38. The molecule has 0 atom stereocenters. The van der Waals surface area contributed by atoms with Crippen molar-refractivity contribution in [1.82, 2.24) is 15.3 Å². The summed E-state index contributed by atoms with van der Waals surface area (Å²) in [4.78, 5) is 28.8. The quantitative estimate of drug-likeness (QED) is 0.594. The predicted molar refractivity (Wildman–Crippen MR) is 55.9 cm³/mol. The number of carbonyl (C=O) groups excluding carboxylic acids is 1. The second-order valence-electron chi connectivity index (χ2n) is 2.90. The van der Waals surface area contributed by atoms with Crippen molar-refractivity contribution in [2.75, 3.05) is 18.4 Å². The van der Waals surface area contributed by atoms with Crippen LogP contribution in [0, 0.1) is 11.3 Å². The summed E-state index contributed by atoms with van der Waals surface area (Å²) < 4.78 is 0. The summed E-state index contributed by atoms with van der Waals surface area (Å²) >= 11 is 0. The lowest BCUT2D eigenvalue weighted by molar-refractivity contribution is -0.137. The monoisotopic (exact) mass is 235 g/mol. The zero-order chi connectivity index (χ0) is 12.7. The van der Waals surface area contributed by atoms with Crippen LogP contribution in [0.1, 0.15) is 5.69 Å². The molecule has 0 saturated heterocycles. The molecule has 0 aliphatic carbocycles. The fraction of sp³-hybridized carbons (Fsp3) is 0.222. The molecule has 0 aromatic carbocycles. The molecule has 1 aromatic rings. The van der Waals surface area contributed by atoms with Crippen molar-refractivity contribution in [3.63, 3.8) is 0 Å². The fourth-order valence-corrected chi connectivity index (χ4v) is 0.902. The number of aromatic nitrogens is 2.